The highest BCUT2D eigenvalue weighted by molar-refractivity contribution is 5.85. The maximum atomic E-state index is 10.6. The summed E-state index contributed by atoms with van der Waals surface area (Å²) >= 11 is 0. The van der Waals surface area contributed by atoms with Crippen molar-refractivity contribution >= 4 is 5.97 Å². The van der Waals surface area contributed by atoms with Crippen LogP contribution < -0.4 is 5.32 Å². The predicted molar refractivity (Wildman–Crippen MR) is 63.0 cm³/mol. The lowest BCUT2D eigenvalue weighted by molar-refractivity contribution is 0.0685. The second kappa shape index (κ2) is 5.42. The summed E-state index contributed by atoms with van der Waals surface area (Å²) in [6, 6.07) is 5.33. The fraction of sp³-hybridized carbons (Fsp3) is 0.250. The first-order valence-corrected chi connectivity index (χ1v) is 5.49. The predicted octanol–water partition coefficient (Wildman–Crippen LogP) is 1.62. The summed E-state index contributed by atoms with van der Waals surface area (Å²) in [7, 11) is 0. The molecule has 0 aliphatic carbocycles. The normalized spacial score (nSPS) is 12.3. The van der Waals surface area contributed by atoms with Crippen molar-refractivity contribution in [2.45, 2.75) is 19.5 Å². The Kier molecular flexibility index (Phi) is 3.69. The Morgan fingerprint density at radius 3 is 3.06 bits per heavy atom. The molecule has 0 fully saturated rings. The van der Waals surface area contributed by atoms with Gasteiger partial charge in [0.25, 0.3) is 0 Å². The van der Waals surface area contributed by atoms with Gasteiger partial charge in [-0.2, -0.15) is 0 Å². The first kappa shape index (κ1) is 12.3. The molecule has 94 valence electrons. The Balaban J connectivity index is 1.93. The van der Waals surface area contributed by atoms with Gasteiger partial charge in [0.2, 0.25) is 0 Å². The molecule has 6 heteroatoms. The van der Waals surface area contributed by atoms with Crippen molar-refractivity contribution in [2.24, 2.45) is 0 Å². The van der Waals surface area contributed by atoms with E-state index < -0.39 is 5.97 Å². The number of hydrogen-bond donors (Lipinski definition) is 2. The van der Waals surface area contributed by atoms with Crippen LogP contribution in [0.2, 0.25) is 0 Å². The van der Waals surface area contributed by atoms with Crippen molar-refractivity contribution in [2.75, 3.05) is 0 Å². The van der Waals surface area contributed by atoms with Crippen LogP contribution in [0.5, 0.6) is 0 Å². The standard InChI is InChI=1S/C12H13N3O3/c1-8(9-3-2-4-13-6-9)14-7-10-5-11(12(16)17)15-18-10/h2-6,8,14H,7H2,1H3,(H,16,17). The molecule has 0 saturated heterocycles. The van der Waals surface area contributed by atoms with Gasteiger partial charge in [0, 0.05) is 24.5 Å². The number of aromatic nitrogens is 2. The van der Waals surface area contributed by atoms with E-state index in [1.54, 1.807) is 12.4 Å². The Bertz CT molecular complexity index is 524. The van der Waals surface area contributed by atoms with Crippen molar-refractivity contribution in [1.82, 2.24) is 15.5 Å². The molecule has 6 nitrogen and oxygen atoms in total. The zero-order valence-corrected chi connectivity index (χ0v) is 9.83. The third kappa shape index (κ3) is 2.92. The zero-order chi connectivity index (χ0) is 13.0. The molecule has 0 saturated carbocycles. The molecule has 2 heterocycles. The van der Waals surface area contributed by atoms with Crippen LogP contribution in [0.3, 0.4) is 0 Å². The second-order valence-corrected chi connectivity index (χ2v) is 3.87. The number of rotatable bonds is 5. The van der Waals surface area contributed by atoms with Crippen LogP contribution in [-0.4, -0.2) is 21.2 Å². The molecule has 0 aliphatic rings. The fourth-order valence-electron chi connectivity index (χ4n) is 1.50. The summed E-state index contributed by atoms with van der Waals surface area (Å²) in [6.07, 6.45) is 3.49. The maximum absolute atomic E-state index is 10.6. The number of carboxylic acids is 1. The summed E-state index contributed by atoms with van der Waals surface area (Å²) in [6.45, 7) is 2.40. The van der Waals surface area contributed by atoms with Crippen molar-refractivity contribution < 1.29 is 14.4 Å². The largest absolute Gasteiger partial charge is 0.476 e. The topological polar surface area (TPSA) is 88.2 Å². The molecule has 1 unspecified atom stereocenters. The molecule has 0 spiro atoms. The summed E-state index contributed by atoms with van der Waals surface area (Å²) in [5.74, 6) is -0.603. The monoisotopic (exact) mass is 247 g/mol. The molecule has 0 radical (unpaired) electrons. The molecular weight excluding hydrogens is 234 g/mol. The van der Waals surface area contributed by atoms with Crippen LogP contribution in [0.1, 0.15) is 34.8 Å². The number of hydrogen-bond acceptors (Lipinski definition) is 5. The number of aromatic carboxylic acids is 1. The van der Waals surface area contributed by atoms with Crippen LogP contribution in [0, 0.1) is 0 Å². The van der Waals surface area contributed by atoms with E-state index in [4.69, 9.17) is 9.63 Å². The summed E-state index contributed by atoms with van der Waals surface area (Å²) in [5, 5.41) is 15.3. The summed E-state index contributed by atoms with van der Waals surface area (Å²) in [5.41, 5.74) is 0.969. The van der Waals surface area contributed by atoms with E-state index >= 15 is 0 Å². The van der Waals surface area contributed by atoms with Crippen LogP contribution >= 0.6 is 0 Å². The number of carbonyl (C=O) groups is 1. The first-order valence-electron chi connectivity index (χ1n) is 5.49. The van der Waals surface area contributed by atoms with Crippen LogP contribution in [0.4, 0.5) is 0 Å². The molecule has 0 aromatic carbocycles. The Morgan fingerprint density at radius 2 is 2.44 bits per heavy atom. The number of carboxylic acid groups (broad SMARTS) is 1. The van der Waals surface area contributed by atoms with Crippen LogP contribution in [-0.2, 0) is 6.54 Å². The lowest BCUT2D eigenvalue weighted by Crippen LogP contribution is -2.17. The molecule has 0 amide bonds. The van der Waals surface area contributed by atoms with E-state index in [-0.39, 0.29) is 11.7 Å². The third-order valence-corrected chi connectivity index (χ3v) is 2.54. The molecule has 1 atom stereocenters. The van der Waals surface area contributed by atoms with E-state index in [9.17, 15) is 4.79 Å². The SMILES string of the molecule is CC(NCc1cc(C(=O)O)no1)c1cccnc1. The Morgan fingerprint density at radius 1 is 1.61 bits per heavy atom. The van der Waals surface area contributed by atoms with Crippen molar-refractivity contribution in [3.05, 3.63) is 47.6 Å². The van der Waals surface area contributed by atoms with Crippen molar-refractivity contribution in [1.29, 1.82) is 0 Å². The first-order chi connectivity index (χ1) is 8.66. The van der Waals surface area contributed by atoms with Gasteiger partial charge in [-0.3, -0.25) is 4.98 Å². The van der Waals surface area contributed by atoms with Gasteiger partial charge in [-0.15, -0.1) is 0 Å². The fourth-order valence-corrected chi connectivity index (χ4v) is 1.50. The highest BCUT2D eigenvalue weighted by Gasteiger charge is 2.11. The third-order valence-electron chi connectivity index (χ3n) is 2.54. The van der Waals surface area contributed by atoms with Gasteiger partial charge in [0.15, 0.2) is 11.5 Å². The highest BCUT2D eigenvalue weighted by atomic mass is 16.5. The molecular formula is C12H13N3O3. The Hall–Kier alpha value is -2.21. The lowest BCUT2D eigenvalue weighted by Gasteiger charge is -2.11. The summed E-state index contributed by atoms with van der Waals surface area (Å²) < 4.78 is 4.90. The molecule has 2 aromatic heterocycles. The number of pyridine rings is 1. The maximum Gasteiger partial charge on any atom is 0.358 e. The average Bonchev–Trinajstić information content (AvgIpc) is 2.86. The molecule has 0 bridgehead atoms. The lowest BCUT2D eigenvalue weighted by atomic mass is 10.1. The quantitative estimate of drug-likeness (QED) is 0.834. The molecule has 2 aromatic rings. The van der Waals surface area contributed by atoms with Crippen LogP contribution in [0.25, 0.3) is 0 Å². The van der Waals surface area contributed by atoms with Gasteiger partial charge in [-0.05, 0) is 18.6 Å². The van der Waals surface area contributed by atoms with Gasteiger partial charge in [-0.25, -0.2) is 4.79 Å². The minimum absolute atomic E-state index is 0.0826. The average molecular weight is 247 g/mol. The molecule has 2 N–H and O–H groups in total. The van der Waals surface area contributed by atoms with Gasteiger partial charge >= 0.3 is 5.97 Å². The number of nitrogens with zero attached hydrogens (tertiary/aromatic N) is 2. The minimum atomic E-state index is -1.09. The van der Waals surface area contributed by atoms with E-state index in [1.807, 2.05) is 19.1 Å². The molecule has 2 rings (SSSR count). The van der Waals surface area contributed by atoms with Gasteiger partial charge < -0.3 is 14.9 Å². The smallest absolute Gasteiger partial charge is 0.358 e. The van der Waals surface area contributed by atoms with Crippen molar-refractivity contribution in [3.63, 3.8) is 0 Å². The molecule has 0 aliphatic heterocycles. The zero-order valence-electron chi connectivity index (χ0n) is 9.83. The van der Waals surface area contributed by atoms with E-state index in [0.717, 1.165) is 5.56 Å². The molecule has 18 heavy (non-hydrogen) atoms. The highest BCUT2D eigenvalue weighted by Crippen LogP contribution is 2.11. The van der Waals surface area contributed by atoms with E-state index in [0.29, 0.717) is 12.3 Å². The second-order valence-electron chi connectivity index (χ2n) is 3.87. The van der Waals surface area contributed by atoms with Gasteiger partial charge in [0.05, 0.1) is 6.54 Å². The summed E-state index contributed by atoms with van der Waals surface area (Å²) in [4.78, 5) is 14.7. The minimum Gasteiger partial charge on any atom is -0.476 e. The van der Waals surface area contributed by atoms with E-state index in [1.165, 1.54) is 6.07 Å². The number of nitrogens with one attached hydrogen (secondary N) is 1. The van der Waals surface area contributed by atoms with Gasteiger partial charge in [-0.1, -0.05) is 11.2 Å². The Labute approximate surface area is 104 Å². The van der Waals surface area contributed by atoms with E-state index in [2.05, 4.69) is 15.5 Å². The van der Waals surface area contributed by atoms with Crippen molar-refractivity contribution in [3.8, 4) is 0 Å². The van der Waals surface area contributed by atoms with Crippen LogP contribution in [0.15, 0.2) is 35.1 Å². The van der Waals surface area contributed by atoms with Gasteiger partial charge in [0.1, 0.15) is 0 Å².